The molecular formula is C18H23N5O2. The molecule has 7 heteroatoms. The maximum absolute atomic E-state index is 12.2. The number of aromatic nitrogens is 4. The quantitative estimate of drug-likeness (QED) is 0.919. The summed E-state index contributed by atoms with van der Waals surface area (Å²) < 4.78 is 7.33. The Morgan fingerprint density at radius 3 is 2.76 bits per heavy atom. The van der Waals surface area contributed by atoms with Gasteiger partial charge in [-0.3, -0.25) is 19.4 Å². The molecule has 1 aliphatic heterocycles. The second-order valence-corrected chi connectivity index (χ2v) is 6.87. The van der Waals surface area contributed by atoms with Crippen molar-refractivity contribution in [1.82, 2.24) is 25.1 Å². The van der Waals surface area contributed by atoms with Gasteiger partial charge in [0, 0.05) is 36.8 Å². The second kappa shape index (κ2) is 7.31. The van der Waals surface area contributed by atoms with Crippen molar-refractivity contribution in [3.05, 3.63) is 31.0 Å². The highest BCUT2D eigenvalue weighted by Crippen LogP contribution is 2.29. The van der Waals surface area contributed by atoms with Crippen LogP contribution in [0.4, 0.5) is 0 Å². The van der Waals surface area contributed by atoms with E-state index in [1.807, 2.05) is 17.1 Å². The van der Waals surface area contributed by atoms with Crippen molar-refractivity contribution in [3.8, 4) is 11.3 Å². The number of carbonyl (C=O) groups excluding carboxylic acids is 1. The van der Waals surface area contributed by atoms with E-state index < -0.39 is 0 Å². The first-order chi connectivity index (χ1) is 12.3. The molecule has 0 aromatic carbocycles. The molecule has 1 unspecified atom stereocenters. The SMILES string of the molecule is O=C(NC1CCC(n2cc(-c3cnccn3)cn2)CC1)C1CCOC1. The Bertz CT molecular complexity index is 703. The fourth-order valence-electron chi connectivity index (χ4n) is 3.66. The number of amides is 1. The Morgan fingerprint density at radius 1 is 1.16 bits per heavy atom. The summed E-state index contributed by atoms with van der Waals surface area (Å²) in [5.41, 5.74) is 1.83. The molecule has 2 aromatic rings. The first kappa shape index (κ1) is 16.2. The second-order valence-electron chi connectivity index (χ2n) is 6.87. The fraction of sp³-hybridized carbons (Fsp3) is 0.556. The van der Waals surface area contributed by atoms with E-state index in [9.17, 15) is 4.79 Å². The smallest absolute Gasteiger partial charge is 0.225 e. The van der Waals surface area contributed by atoms with E-state index in [4.69, 9.17) is 4.74 Å². The number of nitrogens with one attached hydrogen (secondary N) is 1. The lowest BCUT2D eigenvalue weighted by Crippen LogP contribution is -2.41. The zero-order valence-corrected chi connectivity index (χ0v) is 14.2. The van der Waals surface area contributed by atoms with Crippen LogP contribution >= 0.6 is 0 Å². The molecule has 0 spiro atoms. The summed E-state index contributed by atoms with van der Waals surface area (Å²) in [5.74, 6) is 0.198. The summed E-state index contributed by atoms with van der Waals surface area (Å²) in [6.07, 6.45) is 13.9. The van der Waals surface area contributed by atoms with Gasteiger partial charge in [0.2, 0.25) is 5.91 Å². The van der Waals surface area contributed by atoms with Crippen LogP contribution in [0.1, 0.15) is 38.1 Å². The van der Waals surface area contributed by atoms with Gasteiger partial charge in [0.1, 0.15) is 0 Å². The monoisotopic (exact) mass is 341 g/mol. The van der Waals surface area contributed by atoms with Gasteiger partial charge in [0.15, 0.2) is 0 Å². The van der Waals surface area contributed by atoms with Crippen molar-refractivity contribution in [2.24, 2.45) is 5.92 Å². The number of ether oxygens (including phenoxy) is 1. The zero-order valence-electron chi connectivity index (χ0n) is 14.2. The van der Waals surface area contributed by atoms with E-state index in [1.54, 1.807) is 18.6 Å². The number of carbonyl (C=O) groups is 1. The van der Waals surface area contributed by atoms with Crippen LogP contribution in [0.2, 0.25) is 0 Å². The topological polar surface area (TPSA) is 81.9 Å². The predicted molar refractivity (Wildman–Crippen MR) is 91.6 cm³/mol. The van der Waals surface area contributed by atoms with Gasteiger partial charge in [-0.05, 0) is 32.1 Å². The lowest BCUT2D eigenvalue weighted by atomic mass is 9.90. The average molecular weight is 341 g/mol. The van der Waals surface area contributed by atoms with Gasteiger partial charge in [0.25, 0.3) is 0 Å². The molecule has 132 valence electrons. The van der Waals surface area contributed by atoms with Crippen molar-refractivity contribution in [2.45, 2.75) is 44.2 Å². The van der Waals surface area contributed by atoms with Crippen molar-refractivity contribution in [2.75, 3.05) is 13.2 Å². The molecule has 1 N–H and O–H groups in total. The lowest BCUT2D eigenvalue weighted by molar-refractivity contribution is -0.125. The highest BCUT2D eigenvalue weighted by atomic mass is 16.5. The summed E-state index contributed by atoms with van der Waals surface area (Å²) >= 11 is 0. The minimum Gasteiger partial charge on any atom is -0.381 e. The largest absolute Gasteiger partial charge is 0.381 e. The Labute approximate surface area is 146 Å². The molecule has 2 aromatic heterocycles. The molecule has 2 fully saturated rings. The Kier molecular flexibility index (Phi) is 4.74. The van der Waals surface area contributed by atoms with Crippen molar-refractivity contribution < 1.29 is 9.53 Å². The first-order valence-electron chi connectivity index (χ1n) is 8.98. The van der Waals surface area contributed by atoms with Crippen molar-refractivity contribution in [1.29, 1.82) is 0 Å². The number of nitrogens with zero attached hydrogens (tertiary/aromatic N) is 4. The van der Waals surface area contributed by atoms with Crippen molar-refractivity contribution in [3.63, 3.8) is 0 Å². The molecule has 1 amide bonds. The van der Waals surface area contributed by atoms with Crippen LogP contribution < -0.4 is 5.32 Å². The van der Waals surface area contributed by atoms with E-state index in [0.29, 0.717) is 19.3 Å². The molecule has 25 heavy (non-hydrogen) atoms. The number of hydrogen-bond acceptors (Lipinski definition) is 5. The van der Waals surface area contributed by atoms with Crippen LogP contribution in [0.25, 0.3) is 11.3 Å². The van der Waals surface area contributed by atoms with E-state index in [2.05, 4.69) is 20.4 Å². The van der Waals surface area contributed by atoms with Crippen LogP contribution in [-0.4, -0.2) is 44.9 Å². The third kappa shape index (κ3) is 3.71. The summed E-state index contributed by atoms with van der Waals surface area (Å²) in [6, 6.07) is 0.660. The van der Waals surface area contributed by atoms with E-state index in [-0.39, 0.29) is 17.9 Å². The Hall–Kier alpha value is -2.28. The highest BCUT2D eigenvalue weighted by Gasteiger charge is 2.28. The zero-order chi connectivity index (χ0) is 17.1. The normalized spacial score (nSPS) is 26.5. The summed E-state index contributed by atoms with van der Waals surface area (Å²) in [5, 5.41) is 7.71. The number of rotatable bonds is 4. The van der Waals surface area contributed by atoms with Crippen LogP contribution in [-0.2, 0) is 9.53 Å². The van der Waals surface area contributed by atoms with Gasteiger partial charge in [-0.25, -0.2) is 0 Å². The lowest BCUT2D eigenvalue weighted by Gasteiger charge is -2.29. The molecule has 1 saturated heterocycles. The molecule has 2 aliphatic rings. The van der Waals surface area contributed by atoms with E-state index >= 15 is 0 Å². The highest BCUT2D eigenvalue weighted by molar-refractivity contribution is 5.79. The minimum atomic E-state index is 0.0402. The van der Waals surface area contributed by atoms with Crippen molar-refractivity contribution >= 4 is 5.91 Å². The van der Waals surface area contributed by atoms with Crippen LogP contribution in [0.5, 0.6) is 0 Å². The number of hydrogen-bond donors (Lipinski definition) is 1. The molecule has 4 rings (SSSR count). The van der Waals surface area contributed by atoms with Crippen LogP contribution in [0.15, 0.2) is 31.0 Å². The summed E-state index contributed by atoms with van der Waals surface area (Å²) in [4.78, 5) is 20.6. The summed E-state index contributed by atoms with van der Waals surface area (Å²) in [6.45, 7) is 1.28. The maximum Gasteiger partial charge on any atom is 0.225 e. The molecule has 1 aliphatic carbocycles. The standard InChI is InChI=1S/C18H23N5O2/c24-18(13-5-8-25-12-13)22-15-1-3-16(4-2-15)23-11-14(9-21-23)17-10-19-6-7-20-17/h6-7,9-11,13,15-16H,1-5,8,12H2,(H,22,24). The molecule has 1 saturated carbocycles. The molecule has 0 bridgehead atoms. The Balaban J connectivity index is 1.31. The van der Waals surface area contributed by atoms with Gasteiger partial charge in [-0.15, -0.1) is 0 Å². The third-order valence-electron chi connectivity index (χ3n) is 5.18. The van der Waals surface area contributed by atoms with E-state index in [0.717, 1.165) is 43.4 Å². The molecule has 7 nitrogen and oxygen atoms in total. The third-order valence-corrected chi connectivity index (χ3v) is 5.18. The first-order valence-corrected chi connectivity index (χ1v) is 8.98. The van der Waals surface area contributed by atoms with Crippen LogP contribution in [0.3, 0.4) is 0 Å². The molecule has 0 radical (unpaired) electrons. The Morgan fingerprint density at radius 2 is 2.04 bits per heavy atom. The molecule has 1 atom stereocenters. The van der Waals surface area contributed by atoms with Gasteiger partial charge in [-0.2, -0.15) is 5.10 Å². The van der Waals surface area contributed by atoms with Crippen LogP contribution in [0, 0.1) is 5.92 Å². The molecular weight excluding hydrogens is 318 g/mol. The van der Waals surface area contributed by atoms with E-state index in [1.165, 1.54) is 0 Å². The predicted octanol–water partition coefficient (Wildman–Crippen LogP) is 1.98. The van der Waals surface area contributed by atoms with Gasteiger partial charge < -0.3 is 10.1 Å². The van der Waals surface area contributed by atoms with Gasteiger partial charge in [0.05, 0.1) is 36.7 Å². The summed E-state index contributed by atoms with van der Waals surface area (Å²) in [7, 11) is 0. The van der Waals surface area contributed by atoms with Gasteiger partial charge in [-0.1, -0.05) is 0 Å². The fourth-order valence-corrected chi connectivity index (χ4v) is 3.66. The van der Waals surface area contributed by atoms with Gasteiger partial charge >= 0.3 is 0 Å². The molecule has 3 heterocycles. The maximum atomic E-state index is 12.2. The minimum absolute atomic E-state index is 0.0402. The average Bonchev–Trinajstić information content (AvgIpc) is 3.35.